The number of aromatic nitrogens is 5. The number of rotatable bonds is 4. The Bertz CT molecular complexity index is 931. The van der Waals surface area contributed by atoms with Crippen LogP contribution in [0.4, 0.5) is 5.82 Å². The quantitative estimate of drug-likeness (QED) is 0.781. The van der Waals surface area contributed by atoms with E-state index < -0.39 is 0 Å². The van der Waals surface area contributed by atoms with Crippen LogP contribution >= 0.6 is 0 Å². The first-order valence-electron chi connectivity index (χ1n) is 8.95. The molecule has 1 N–H and O–H groups in total. The molecule has 0 spiro atoms. The molecule has 1 aliphatic carbocycles. The smallest absolute Gasteiger partial charge is 0.212 e. The van der Waals surface area contributed by atoms with Crippen LogP contribution in [-0.2, 0) is 13.0 Å². The first-order valence-corrected chi connectivity index (χ1v) is 8.95. The molecule has 7 heteroatoms. The number of imidazole rings is 1. The number of H-pyrrole nitrogens is 1. The zero-order valence-electron chi connectivity index (χ0n) is 14.6. The summed E-state index contributed by atoms with van der Waals surface area (Å²) in [6.45, 7) is 1.70. The van der Waals surface area contributed by atoms with Crippen molar-refractivity contribution in [1.82, 2.24) is 24.9 Å². The van der Waals surface area contributed by atoms with Crippen molar-refractivity contribution < 1.29 is 4.74 Å². The molecule has 2 aliphatic rings. The number of ether oxygens (including phenoxy) is 1. The first kappa shape index (κ1) is 15.3. The third kappa shape index (κ3) is 2.79. The highest BCUT2D eigenvalue weighted by Gasteiger charge is 2.27. The fourth-order valence-corrected chi connectivity index (χ4v) is 3.40. The van der Waals surface area contributed by atoms with Crippen LogP contribution in [0.5, 0.6) is 5.88 Å². The number of nitrogens with zero attached hydrogens (tertiary/aromatic N) is 5. The number of aromatic amines is 1. The van der Waals surface area contributed by atoms with E-state index >= 15 is 0 Å². The van der Waals surface area contributed by atoms with E-state index in [2.05, 4.69) is 30.9 Å². The molecular weight excluding hydrogens is 328 g/mol. The molecule has 0 bridgehead atoms. The number of pyridine rings is 1. The van der Waals surface area contributed by atoms with Crippen LogP contribution in [0.2, 0.25) is 0 Å². The molecule has 7 nitrogen and oxygen atoms in total. The van der Waals surface area contributed by atoms with Crippen LogP contribution in [0, 0.1) is 0 Å². The standard InChI is InChI=1S/C19H20N6O/c1-26-18-5-4-13(9-20-18)19-23-14-6-7-25(10-16(14)24-19)17-8-15(12-2-3-12)21-11-22-17/h4-5,8-9,11-12H,2-3,6-7,10H2,1H3,(H,23,24). The molecule has 3 aromatic heterocycles. The molecular formula is C19H20N6O. The summed E-state index contributed by atoms with van der Waals surface area (Å²) in [7, 11) is 1.62. The summed E-state index contributed by atoms with van der Waals surface area (Å²) in [6.07, 6.45) is 6.88. The molecule has 0 saturated heterocycles. The van der Waals surface area contributed by atoms with Gasteiger partial charge in [0.1, 0.15) is 18.0 Å². The van der Waals surface area contributed by atoms with Gasteiger partial charge in [-0.25, -0.2) is 19.9 Å². The summed E-state index contributed by atoms with van der Waals surface area (Å²) in [5, 5.41) is 0. The molecule has 26 heavy (non-hydrogen) atoms. The van der Waals surface area contributed by atoms with Crippen LogP contribution < -0.4 is 9.64 Å². The van der Waals surface area contributed by atoms with Crippen LogP contribution in [-0.4, -0.2) is 38.6 Å². The van der Waals surface area contributed by atoms with Crippen molar-refractivity contribution in [3.05, 3.63) is 47.8 Å². The van der Waals surface area contributed by atoms with Gasteiger partial charge >= 0.3 is 0 Å². The predicted molar refractivity (Wildman–Crippen MR) is 97.1 cm³/mol. The second-order valence-corrected chi connectivity index (χ2v) is 6.85. The maximum absolute atomic E-state index is 5.12. The lowest BCUT2D eigenvalue weighted by atomic mass is 10.1. The molecule has 0 aromatic carbocycles. The summed E-state index contributed by atoms with van der Waals surface area (Å²) < 4.78 is 5.12. The summed E-state index contributed by atoms with van der Waals surface area (Å²) in [4.78, 5) is 23.7. The lowest BCUT2D eigenvalue weighted by Crippen LogP contribution is -2.31. The number of anilines is 1. The number of methoxy groups -OCH3 is 1. The van der Waals surface area contributed by atoms with E-state index in [1.54, 1.807) is 19.6 Å². The van der Waals surface area contributed by atoms with E-state index in [0.29, 0.717) is 11.8 Å². The fraction of sp³-hybridized carbons (Fsp3) is 0.368. The Labute approximate surface area is 151 Å². The third-order valence-corrected chi connectivity index (χ3v) is 5.04. The summed E-state index contributed by atoms with van der Waals surface area (Å²) in [5.74, 6) is 3.10. The van der Waals surface area contributed by atoms with Gasteiger partial charge in [0.2, 0.25) is 5.88 Å². The van der Waals surface area contributed by atoms with Gasteiger partial charge in [0, 0.05) is 48.5 Å². The maximum atomic E-state index is 5.12. The van der Waals surface area contributed by atoms with Gasteiger partial charge in [0.25, 0.3) is 0 Å². The van der Waals surface area contributed by atoms with Crippen molar-refractivity contribution in [2.45, 2.75) is 31.7 Å². The molecule has 0 unspecified atom stereocenters. The summed E-state index contributed by atoms with van der Waals surface area (Å²) >= 11 is 0. The molecule has 1 aliphatic heterocycles. The van der Waals surface area contributed by atoms with Crippen LogP contribution in [0.15, 0.2) is 30.7 Å². The Hall–Kier alpha value is -2.96. The number of fused-ring (bicyclic) bond motifs is 1. The van der Waals surface area contributed by atoms with Gasteiger partial charge in [-0.2, -0.15) is 0 Å². The van der Waals surface area contributed by atoms with Gasteiger partial charge in [0.05, 0.1) is 25.0 Å². The van der Waals surface area contributed by atoms with Crippen LogP contribution in [0.25, 0.3) is 11.4 Å². The lowest BCUT2D eigenvalue weighted by molar-refractivity contribution is 0.398. The minimum absolute atomic E-state index is 0.603. The molecule has 4 heterocycles. The highest BCUT2D eigenvalue weighted by atomic mass is 16.5. The predicted octanol–water partition coefficient (Wildman–Crippen LogP) is 2.71. The van der Waals surface area contributed by atoms with E-state index in [1.165, 1.54) is 18.5 Å². The van der Waals surface area contributed by atoms with Gasteiger partial charge in [-0.3, -0.25) is 0 Å². The first-order chi connectivity index (χ1) is 12.8. The fourth-order valence-electron chi connectivity index (χ4n) is 3.40. The highest BCUT2D eigenvalue weighted by molar-refractivity contribution is 5.56. The Balaban J connectivity index is 1.39. The summed E-state index contributed by atoms with van der Waals surface area (Å²) in [6, 6.07) is 5.97. The molecule has 1 fully saturated rings. The largest absolute Gasteiger partial charge is 0.481 e. The van der Waals surface area contributed by atoms with Crippen molar-refractivity contribution in [3.8, 4) is 17.3 Å². The third-order valence-electron chi connectivity index (χ3n) is 5.04. The zero-order valence-corrected chi connectivity index (χ0v) is 14.6. The second kappa shape index (κ2) is 6.09. The zero-order chi connectivity index (χ0) is 17.5. The Kier molecular flexibility index (Phi) is 3.58. The van der Waals surface area contributed by atoms with E-state index in [4.69, 9.17) is 9.72 Å². The van der Waals surface area contributed by atoms with Gasteiger partial charge in [-0.05, 0) is 18.9 Å². The van der Waals surface area contributed by atoms with Crippen molar-refractivity contribution in [1.29, 1.82) is 0 Å². The molecule has 132 valence electrons. The molecule has 0 atom stereocenters. The molecule has 0 radical (unpaired) electrons. The second-order valence-electron chi connectivity index (χ2n) is 6.85. The number of nitrogens with one attached hydrogen (secondary N) is 1. The minimum Gasteiger partial charge on any atom is -0.481 e. The van der Waals surface area contributed by atoms with Crippen molar-refractivity contribution in [2.75, 3.05) is 18.6 Å². The van der Waals surface area contributed by atoms with E-state index in [-0.39, 0.29) is 0 Å². The Morgan fingerprint density at radius 3 is 2.88 bits per heavy atom. The highest BCUT2D eigenvalue weighted by Crippen LogP contribution is 2.39. The average Bonchev–Trinajstić information content (AvgIpc) is 3.46. The molecule has 0 amide bonds. The topological polar surface area (TPSA) is 79.8 Å². The van der Waals surface area contributed by atoms with Crippen LogP contribution in [0.1, 0.15) is 35.8 Å². The maximum Gasteiger partial charge on any atom is 0.212 e. The van der Waals surface area contributed by atoms with Gasteiger partial charge < -0.3 is 14.6 Å². The van der Waals surface area contributed by atoms with Crippen LogP contribution in [0.3, 0.4) is 0 Å². The van der Waals surface area contributed by atoms with E-state index in [0.717, 1.165) is 48.1 Å². The molecule has 1 saturated carbocycles. The normalized spacial score (nSPS) is 16.4. The van der Waals surface area contributed by atoms with Crippen molar-refractivity contribution in [3.63, 3.8) is 0 Å². The van der Waals surface area contributed by atoms with E-state index in [9.17, 15) is 0 Å². The molecule has 3 aromatic rings. The van der Waals surface area contributed by atoms with Gasteiger partial charge in [-0.15, -0.1) is 0 Å². The van der Waals surface area contributed by atoms with Crippen molar-refractivity contribution in [2.24, 2.45) is 0 Å². The average molecular weight is 348 g/mol. The number of hydrogen-bond acceptors (Lipinski definition) is 6. The van der Waals surface area contributed by atoms with Gasteiger partial charge in [0.15, 0.2) is 0 Å². The van der Waals surface area contributed by atoms with Gasteiger partial charge in [-0.1, -0.05) is 0 Å². The SMILES string of the molecule is COc1ccc(-c2nc3c([nH]2)CN(c2cc(C4CC4)ncn2)CC3)cn1. The Morgan fingerprint density at radius 2 is 2.12 bits per heavy atom. The molecule has 5 rings (SSSR count). The lowest BCUT2D eigenvalue weighted by Gasteiger charge is -2.27. The van der Waals surface area contributed by atoms with E-state index in [1.807, 2.05) is 12.1 Å². The monoisotopic (exact) mass is 348 g/mol. The Morgan fingerprint density at radius 1 is 1.19 bits per heavy atom. The summed E-state index contributed by atoms with van der Waals surface area (Å²) in [5.41, 5.74) is 4.41. The van der Waals surface area contributed by atoms with Crippen molar-refractivity contribution >= 4 is 5.82 Å². The minimum atomic E-state index is 0.603. The number of hydrogen-bond donors (Lipinski definition) is 1.